The Labute approximate surface area is 153 Å². The van der Waals surface area contributed by atoms with Gasteiger partial charge in [0.15, 0.2) is 0 Å². The number of pyridine rings is 1. The topological polar surface area (TPSA) is 80.0 Å². The van der Waals surface area contributed by atoms with Gasteiger partial charge >= 0.3 is 0 Å². The Bertz CT molecular complexity index is 777. The van der Waals surface area contributed by atoms with Gasteiger partial charge in [-0.2, -0.15) is 0 Å². The van der Waals surface area contributed by atoms with Crippen LogP contribution in [0.3, 0.4) is 0 Å². The Balaban J connectivity index is 0.00000182. The van der Waals surface area contributed by atoms with Gasteiger partial charge in [0.25, 0.3) is 11.6 Å². The number of hydrogen-bond donors (Lipinski definition) is 2. The fourth-order valence-corrected chi connectivity index (χ4v) is 4.11. The summed E-state index contributed by atoms with van der Waals surface area (Å²) in [5.74, 6) is 0.138. The van der Waals surface area contributed by atoms with Crippen molar-refractivity contribution in [3.8, 4) is 0 Å². The Morgan fingerprint density at radius 3 is 2.64 bits per heavy atom. The molecule has 2 fully saturated rings. The van der Waals surface area contributed by atoms with Crippen LogP contribution in [0.1, 0.15) is 67.2 Å². The van der Waals surface area contributed by atoms with Crippen molar-refractivity contribution in [3.05, 3.63) is 23.0 Å². The molecule has 0 aliphatic carbocycles. The van der Waals surface area contributed by atoms with Gasteiger partial charge in [-0.25, -0.2) is 4.98 Å². The number of fused-ring (bicyclic) bond motifs is 3. The van der Waals surface area contributed by atoms with E-state index < -0.39 is 0 Å². The summed E-state index contributed by atoms with van der Waals surface area (Å²) in [6.07, 6.45) is 4.46. The molecule has 2 saturated heterocycles. The van der Waals surface area contributed by atoms with Crippen LogP contribution in [-0.4, -0.2) is 34.2 Å². The van der Waals surface area contributed by atoms with Gasteiger partial charge in [0.2, 0.25) is 0 Å². The number of carbonyl (C=O) groups excluding carboxylic acids is 1. The van der Waals surface area contributed by atoms with E-state index in [0.29, 0.717) is 23.4 Å². The molecule has 25 heavy (non-hydrogen) atoms. The highest BCUT2D eigenvalue weighted by atomic mass is 35.5. The molecule has 0 spiro atoms. The molecule has 0 saturated carbocycles. The molecule has 136 valence electrons. The third-order valence-electron chi connectivity index (χ3n) is 5.20. The number of aromatic nitrogens is 2. The number of carbonyl (C=O) groups is 1. The van der Waals surface area contributed by atoms with Crippen molar-refractivity contribution in [3.63, 3.8) is 0 Å². The van der Waals surface area contributed by atoms with E-state index in [1.807, 2.05) is 26.8 Å². The predicted octanol–water partition coefficient (Wildman–Crippen LogP) is 3.09. The first-order chi connectivity index (χ1) is 11.5. The lowest BCUT2D eigenvalue weighted by molar-refractivity contribution is 0.0925. The maximum atomic E-state index is 13.0. The Hall–Kier alpha value is -1.66. The van der Waals surface area contributed by atoms with Gasteiger partial charge in [0.1, 0.15) is 0 Å². The maximum absolute atomic E-state index is 13.0. The lowest BCUT2D eigenvalue weighted by Gasteiger charge is -2.29. The van der Waals surface area contributed by atoms with Crippen molar-refractivity contribution < 1.29 is 9.32 Å². The number of nitrogens with one attached hydrogen (secondary N) is 2. The number of rotatable bonds is 3. The number of hydrogen-bond acceptors (Lipinski definition) is 5. The maximum Gasteiger partial charge on any atom is 0.259 e. The van der Waals surface area contributed by atoms with Crippen LogP contribution in [0, 0.1) is 6.92 Å². The number of nitrogens with zero attached hydrogens (tertiary/aromatic N) is 2. The first kappa shape index (κ1) is 18.1. The summed E-state index contributed by atoms with van der Waals surface area (Å²) in [6, 6.07) is 3.18. The molecule has 2 bridgehead atoms. The number of piperidine rings is 1. The molecule has 6 nitrogen and oxygen atoms in total. The van der Waals surface area contributed by atoms with Crippen LogP contribution < -0.4 is 10.6 Å². The van der Waals surface area contributed by atoms with Crippen molar-refractivity contribution in [2.45, 2.75) is 70.5 Å². The highest BCUT2D eigenvalue weighted by Gasteiger charge is 2.34. The lowest BCUT2D eigenvalue weighted by Crippen LogP contribution is -2.48. The van der Waals surface area contributed by atoms with E-state index in [2.05, 4.69) is 20.8 Å². The predicted molar refractivity (Wildman–Crippen MR) is 98.3 cm³/mol. The fraction of sp³-hybridized carbons (Fsp3) is 0.611. The fourth-order valence-electron chi connectivity index (χ4n) is 4.11. The van der Waals surface area contributed by atoms with Crippen LogP contribution in [0.25, 0.3) is 11.1 Å². The summed E-state index contributed by atoms with van der Waals surface area (Å²) in [5, 5.41) is 11.7. The summed E-state index contributed by atoms with van der Waals surface area (Å²) in [7, 11) is 0. The highest BCUT2D eigenvalue weighted by molar-refractivity contribution is 6.06. The molecule has 7 heteroatoms. The van der Waals surface area contributed by atoms with Crippen LogP contribution in [0.5, 0.6) is 0 Å². The summed E-state index contributed by atoms with van der Waals surface area (Å²) in [6.45, 7) is 5.96. The molecule has 0 aromatic carbocycles. The van der Waals surface area contributed by atoms with Crippen LogP contribution >= 0.6 is 12.4 Å². The van der Waals surface area contributed by atoms with Crippen molar-refractivity contribution in [2.75, 3.05) is 0 Å². The molecule has 4 heterocycles. The summed E-state index contributed by atoms with van der Waals surface area (Å²) in [4.78, 5) is 17.3. The first-order valence-corrected chi connectivity index (χ1v) is 8.85. The molecule has 2 aromatic heterocycles. The summed E-state index contributed by atoms with van der Waals surface area (Å²) in [5.41, 5.74) is 2.65. The monoisotopic (exact) mass is 364 g/mol. The lowest BCUT2D eigenvalue weighted by atomic mass is 9.98. The first-order valence-electron chi connectivity index (χ1n) is 8.85. The van der Waals surface area contributed by atoms with E-state index >= 15 is 0 Å². The van der Waals surface area contributed by atoms with Crippen molar-refractivity contribution in [1.29, 1.82) is 0 Å². The minimum Gasteiger partial charge on any atom is -0.349 e. The molecule has 2 aliphatic rings. The van der Waals surface area contributed by atoms with Crippen LogP contribution in [0.2, 0.25) is 0 Å². The SMILES string of the molecule is Cc1cc(C(=O)NC2CC3CCC(C2)N3)c2c(C(C)C)noc2n1.Cl. The van der Waals surface area contributed by atoms with Crippen LogP contribution in [0.4, 0.5) is 0 Å². The average Bonchev–Trinajstić information content (AvgIpc) is 3.09. The Morgan fingerprint density at radius 2 is 2.00 bits per heavy atom. The Morgan fingerprint density at radius 1 is 1.32 bits per heavy atom. The van der Waals surface area contributed by atoms with Gasteiger partial charge in [0.05, 0.1) is 16.6 Å². The zero-order valence-electron chi connectivity index (χ0n) is 14.8. The molecular weight excluding hydrogens is 340 g/mol. The highest BCUT2D eigenvalue weighted by Crippen LogP contribution is 2.29. The normalized spacial score (nSPS) is 25.2. The smallest absolute Gasteiger partial charge is 0.259 e. The quantitative estimate of drug-likeness (QED) is 0.874. The van der Waals surface area contributed by atoms with Crippen LogP contribution in [0.15, 0.2) is 10.6 Å². The second kappa shape index (κ2) is 6.92. The zero-order valence-corrected chi connectivity index (χ0v) is 15.7. The van der Waals surface area contributed by atoms with Gasteiger partial charge in [-0.1, -0.05) is 19.0 Å². The number of aryl methyl sites for hydroxylation is 1. The van der Waals surface area contributed by atoms with Crippen molar-refractivity contribution in [1.82, 2.24) is 20.8 Å². The third-order valence-corrected chi connectivity index (χ3v) is 5.20. The van der Waals surface area contributed by atoms with E-state index in [1.165, 1.54) is 12.8 Å². The second-order valence-corrected chi connectivity index (χ2v) is 7.49. The van der Waals surface area contributed by atoms with E-state index in [9.17, 15) is 4.79 Å². The summed E-state index contributed by atoms with van der Waals surface area (Å²) < 4.78 is 5.36. The van der Waals surface area contributed by atoms with Gasteiger partial charge in [-0.3, -0.25) is 4.79 Å². The third kappa shape index (κ3) is 3.37. The van der Waals surface area contributed by atoms with E-state index in [1.54, 1.807) is 0 Å². The van der Waals surface area contributed by atoms with E-state index in [-0.39, 0.29) is 30.3 Å². The largest absolute Gasteiger partial charge is 0.349 e. The molecule has 2 atom stereocenters. The second-order valence-electron chi connectivity index (χ2n) is 7.49. The molecule has 2 N–H and O–H groups in total. The van der Waals surface area contributed by atoms with E-state index in [0.717, 1.165) is 29.6 Å². The zero-order chi connectivity index (χ0) is 16.8. The van der Waals surface area contributed by atoms with Gasteiger partial charge in [-0.05, 0) is 44.6 Å². The number of halogens is 1. The molecule has 1 amide bonds. The molecule has 2 aromatic rings. The molecular formula is C18H25ClN4O2. The van der Waals surface area contributed by atoms with Crippen molar-refractivity contribution in [2.24, 2.45) is 0 Å². The molecule has 0 radical (unpaired) electrons. The molecule has 2 unspecified atom stereocenters. The number of amides is 1. The minimum atomic E-state index is -0.0399. The minimum absolute atomic E-state index is 0. The molecule has 2 aliphatic heterocycles. The standard InChI is InChI=1S/C18H24N4O2.ClH/c1-9(2)16-15-14(6-10(3)19-18(15)24-22-16)17(23)21-13-7-11-4-5-12(8-13)20-11;/h6,9,11-13,20H,4-5,7-8H2,1-3H3,(H,21,23);1H. The van der Waals surface area contributed by atoms with Crippen molar-refractivity contribution >= 4 is 29.4 Å². The van der Waals surface area contributed by atoms with Crippen LogP contribution in [-0.2, 0) is 0 Å². The Kier molecular flexibility index (Phi) is 5.02. The van der Waals surface area contributed by atoms with E-state index in [4.69, 9.17) is 4.52 Å². The average molecular weight is 365 g/mol. The molecule has 4 rings (SSSR count). The van der Waals surface area contributed by atoms with Gasteiger partial charge < -0.3 is 15.2 Å². The van der Waals surface area contributed by atoms with Gasteiger partial charge in [0, 0.05) is 23.8 Å². The summed E-state index contributed by atoms with van der Waals surface area (Å²) >= 11 is 0. The van der Waals surface area contributed by atoms with Gasteiger partial charge in [-0.15, -0.1) is 12.4 Å².